The maximum Gasteiger partial charge on any atom is 0.343 e. The Morgan fingerprint density at radius 3 is 2.00 bits per heavy atom. The highest BCUT2D eigenvalue weighted by Gasteiger charge is 2.13. The Morgan fingerprint density at radius 2 is 1.32 bits per heavy atom. The highest BCUT2D eigenvalue weighted by atomic mass is 16.6. The van der Waals surface area contributed by atoms with Crippen LogP contribution in [0.5, 0.6) is 17.2 Å². The van der Waals surface area contributed by atoms with Crippen molar-refractivity contribution in [2.75, 3.05) is 13.2 Å². The van der Waals surface area contributed by atoms with Crippen LogP contribution in [-0.4, -0.2) is 19.2 Å². The standard InChI is InChI=1S/C33H50O4/c1-5-6-7-8-9-10-11-14-25-36-31-18-12-13-19-32(31)37-33(34)29-20-22-30(23-21-29)35-26-24-28(4)17-15-16-27(2)3/h12-13,18-23,27-28H,5-11,14-17,24-26H2,1-4H3. The van der Waals surface area contributed by atoms with Gasteiger partial charge >= 0.3 is 5.97 Å². The van der Waals surface area contributed by atoms with Gasteiger partial charge in [0.25, 0.3) is 0 Å². The lowest BCUT2D eigenvalue weighted by Crippen LogP contribution is -2.10. The number of carbonyl (C=O) groups excluding carboxylic acids is 1. The summed E-state index contributed by atoms with van der Waals surface area (Å²) in [6.07, 6.45) is 14.9. The molecule has 206 valence electrons. The van der Waals surface area contributed by atoms with E-state index >= 15 is 0 Å². The SMILES string of the molecule is CCCCCCCCCCOc1ccccc1OC(=O)c1ccc(OCCC(C)CCCC(C)C)cc1. The molecule has 0 radical (unpaired) electrons. The third kappa shape index (κ3) is 13.6. The van der Waals surface area contributed by atoms with Crippen LogP contribution >= 0.6 is 0 Å². The highest BCUT2D eigenvalue weighted by Crippen LogP contribution is 2.28. The Hall–Kier alpha value is -2.49. The fraction of sp³-hybridized carbons (Fsp3) is 0.606. The van der Waals surface area contributed by atoms with Crippen LogP contribution in [0.3, 0.4) is 0 Å². The average molecular weight is 511 g/mol. The zero-order valence-corrected chi connectivity index (χ0v) is 23.8. The second-order valence-electron chi connectivity index (χ2n) is 10.8. The third-order valence-corrected chi connectivity index (χ3v) is 6.76. The first-order chi connectivity index (χ1) is 18.0. The molecule has 0 aliphatic rings. The predicted octanol–water partition coefficient (Wildman–Crippen LogP) is 9.66. The third-order valence-electron chi connectivity index (χ3n) is 6.76. The molecular weight excluding hydrogens is 460 g/mol. The number of para-hydroxylation sites is 2. The van der Waals surface area contributed by atoms with E-state index in [4.69, 9.17) is 14.2 Å². The zero-order chi connectivity index (χ0) is 26.7. The second-order valence-corrected chi connectivity index (χ2v) is 10.8. The lowest BCUT2D eigenvalue weighted by Gasteiger charge is -2.13. The van der Waals surface area contributed by atoms with E-state index in [0.717, 1.165) is 24.5 Å². The smallest absolute Gasteiger partial charge is 0.343 e. The van der Waals surface area contributed by atoms with E-state index in [0.29, 0.717) is 36.2 Å². The Kier molecular flexibility index (Phi) is 15.5. The molecule has 0 heterocycles. The summed E-state index contributed by atoms with van der Waals surface area (Å²) in [4.78, 5) is 12.7. The first-order valence-electron chi connectivity index (χ1n) is 14.7. The van der Waals surface area contributed by atoms with E-state index in [1.165, 1.54) is 64.2 Å². The van der Waals surface area contributed by atoms with Crippen LogP contribution in [0.15, 0.2) is 48.5 Å². The number of ether oxygens (including phenoxy) is 3. The highest BCUT2D eigenvalue weighted by molar-refractivity contribution is 5.91. The van der Waals surface area contributed by atoms with Crippen molar-refractivity contribution in [2.24, 2.45) is 11.8 Å². The minimum absolute atomic E-state index is 0.395. The molecule has 2 aromatic rings. The zero-order valence-electron chi connectivity index (χ0n) is 23.8. The van der Waals surface area contributed by atoms with Gasteiger partial charge in [0.1, 0.15) is 5.75 Å². The second kappa shape index (κ2) is 18.7. The first kappa shape index (κ1) is 30.7. The Morgan fingerprint density at radius 1 is 0.676 bits per heavy atom. The number of benzene rings is 2. The van der Waals surface area contributed by atoms with Crippen molar-refractivity contribution in [3.8, 4) is 17.2 Å². The van der Waals surface area contributed by atoms with Gasteiger partial charge in [0, 0.05) is 0 Å². The fourth-order valence-electron chi connectivity index (χ4n) is 4.31. The number of unbranched alkanes of at least 4 members (excludes halogenated alkanes) is 7. The minimum Gasteiger partial charge on any atom is -0.494 e. The van der Waals surface area contributed by atoms with E-state index in [2.05, 4.69) is 27.7 Å². The molecular formula is C33H50O4. The molecule has 0 aliphatic heterocycles. The van der Waals surface area contributed by atoms with Crippen molar-refractivity contribution < 1.29 is 19.0 Å². The van der Waals surface area contributed by atoms with Gasteiger partial charge in [-0.2, -0.15) is 0 Å². The van der Waals surface area contributed by atoms with Crippen LogP contribution in [0.4, 0.5) is 0 Å². The van der Waals surface area contributed by atoms with E-state index in [9.17, 15) is 4.79 Å². The normalized spacial score (nSPS) is 11.9. The van der Waals surface area contributed by atoms with Crippen LogP contribution < -0.4 is 14.2 Å². The molecule has 0 saturated carbocycles. The molecule has 0 aliphatic carbocycles. The van der Waals surface area contributed by atoms with E-state index < -0.39 is 5.97 Å². The molecule has 0 saturated heterocycles. The molecule has 2 rings (SSSR count). The molecule has 37 heavy (non-hydrogen) atoms. The Bertz CT molecular complexity index is 859. The molecule has 2 aromatic carbocycles. The summed E-state index contributed by atoms with van der Waals surface area (Å²) in [5.41, 5.74) is 0.493. The van der Waals surface area contributed by atoms with Crippen molar-refractivity contribution in [2.45, 2.75) is 105 Å². The maximum atomic E-state index is 12.7. The van der Waals surface area contributed by atoms with Gasteiger partial charge in [-0.3, -0.25) is 0 Å². The maximum absolute atomic E-state index is 12.7. The summed E-state index contributed by atoms with van der Waals surface area (Å²) in [6.45, 7) is 10.4. The van der Waals surface area contributed by atoms with Gasteiger partial charge in [-0.25, -0.2) is 4.79 Å². The van der Waals surface area contributed by atoms with E-state index in [-0.39, 0.29) is 0 Å². The van der Waals surface area contributed by atoms with Crippen LogP contribution in [0.25, 0.3) is 0 Å². The summed E-state index contributed by atoms with van der Waals surface area (Å²) in [7, 11) is 0. The topological polar surface area (TPSA) is 44.8 Å². The monoisotopic (exact) mass is 510 g/mol. The fourth-order valence-corrected chi connectivity index (χ4v) is 4.31. The number of rotatable bonds is 20. The Balaban J connectivity index is 1.71. The van der Waals surface area contributed by atoms with Crippen LogP contribution in [0.2, 0.25) is 0 Å². The van der Waals surface area contributed by atoms with Crippen molar-refractivity contribution in [3.05, 3.63) is 54.1 Å². The summed E-state index contributed by atoms with van der Waals surface area (Å²) in [5.74, 6) is 2.88. The average Bonchev–Trinajstić information content (AvgIpc) is 2.89. The van der Waals surface area contributed by atoms with Crippen molar-refractivity contribution >= 4 is 5.97 Å². The number of hydrogen-bond donors (Lipinski definition) is 0. The van der Waals surface area contributed by atoms with Crippen molar-refractivity contribution in [1.29, 1.82) is 0 Å². The molecule has 0 fully saturated rings. The molecule has 1 atom stereocenters. The van der Waals surface area contributed by atoms with Crippen molar-refractivity contribution in [3.63, 3.8) is 0 Å². The van der Waals surface area contributed by atoms with E-state index in [1.807, 2.05) is 30.3 Å². The molecule has 1 unspecified atom stereocenters. The van der Waals surface area contributed by atoms with E-state index in [1.54, 1.807) is 18.2 Å². The van der Waals surface area contributed by atoms with Gasteiger partial charge in [-0.1, -0.05) is 104 Å². The molecule has 4 heteroatoms. The first-order valence-corrected chi connectivity index (χ1v) is 14.7. The summed E-state index contributed by atoms with van der Waals surface area (Å²) < 4.78 is 17.5. The summed E-state index contributed by atoms with van der Waals surface area (Å²) >= 11 is 0. The van der Waals surface area contributed by atoms with Crippen LogP contribution in [0.1, 0.15) is 115 Å². The summed E-state index contributed by atoms with van der Waals surface area (Å²) in [5, 5.41) is 0. The molecule has 0 amide bonds. The molecule has 0 N–H and O–H groups in total. The molecule has 0 spiro atoms. The lowest BCUT2D eigenvalue weighted by atomic mass is 9.98. The van der Waals surface area contributed by atoms with Gasteiger partial charge in [0.15, 0.2) is 11.5 Å². The van der Waals surface area contributed by atoms with Gasteiger partial charge in [-0.15, -0.1) is 0 Å². The van der Waals surface area contributed by atoms with Gasteiger partial charge in [0.2, 0.25) is 0 Å². The van der Waals surface area contributed by atoms with Crippen LogP contribution in [0, 0.1) is 11.8 Å². The number of esters is 1. The molecule has 0 bridgehead atoms. The number of hydrogen-bond acceptors (Lipinski definition) is 4. The van der Waals surface area contributed by atoms with Gasteiger partial charge in [-0.05, 0) is 61.1 Å². The Labute approximate surface area is 226 Å². The van der Waals surface area contributed by atoms with Crippen LogP contribution in [-0.2, 0) is 0 Å². The molecule has 4 nitrogen and oxygen atoms in total. The van der Waals surface area contributed by atoms with Gasteiger partial charge in [0.05, 0.1) is 18.8 Å². The summed E-state index contributed by atoms with van der Waals surface area (Å²) in [6, 6.07) is 14.6. The lowest BCUT2D eigenvalue weighted by molar-refractivity contribution is 0.0728. The van der Waals surface area contributed by atoms with Crippen molar-refractivity contribution in [1.82, 2.24) is 0 Å². The largest absolute Gasteiger partial charge is 0.494 e. The van der Waals surface area contributed by atoms with Gasteiger partial charge < -0.3 is 14.2 Å². The predicted molar refractivity (Wildman–Crippen MR) is 154 cm³/mol. The minimum atomic E-state index is -0.395. The molecule has 0 aromatic heterocycles. The quantitative estimate of drug-likeness (QED) is 0.101. The number of carbonyl (C=O) groups is 1.